The summed E-state index contributed by atoms with van der Waals surface area (Å²) in [7, 11) is 0. The highest BCUT2D eigenvalue weighted by Gasteiger charge is 1.93. The average Bonchev–Trinajstić information content (AvgIpc) is 2.34. The molecule has 0 atom stereocenters. The Morgan fingerprint density at radius 2 is 2.67 bits per heavy atom. The minimum absolute atomic E-state index is 0.942. The third-order valence-corrected chi connectivity index (χ3v) is 1.22. The predicted octanol–water partition coefficient (Wildman–Crippen LogP) is 1.82. The van der Waals surface area contributed by atoms with Crippen molar-refractivity contribution < 1.29 is 4.52 Å². The Balaban J connectivity index is 2.30. The molecule has 9 heavy (non-hydrogen) atoms. The van der Waals surface area contributed by atoms with Crippen LogP contribution in [0.25, 0.3) is 0 Å². The molecule has 0 fully saturated rings. The summed E-state index contributed by atoms with van der Waals surface area (Å²) in [5.41, 5.74) is 0. The molecule has 1 heterocycles. The molecule has 0 N–H and O–H groups in total. The summed E-state index contributed by atoms with van der Waals surface area (Å²) in [4.78, 5) is 0. The SMILES string of the molecule is CCCCc1c[c]no1. The molecule has 0 aliphatic carbocycles. The molecule has 0 saturated heterocycles. The molecule has 0 aliphatic rings. The van der Waals surface area contributed by atoms with Crippen LogP contribution in [0.3, 0.4) is 0 Å². The predicted molar refractivity (Wildman–Crippen MR) is 34.0 cm³/mol. The van der Waals surface area contributed by atoms with E-state index in [1.807, 2.05) is 0 Å². The average molecular weight is 124 g/mol. The minimum Gasteiger partial charge on any atom is -0.361 e. The Kier molecular flexibility index (Phi) is 2.31. The summed E-state index contributed by atoms with van der Waals surface area (Å²) in [6, 6.07) is 1.79. The largest absolute Gasteiger partial charge is 0.361 e. The molecule has 1 rings (SSSR count). The second-order valence-electron chi connectivity index (χ2n) is 2.03. The van der Waals surface area contributed by atoms with Gasteiger partial charge in [0.25, 0.3) is 0 Å². The maximum Gasteiger partial charge on any atom is 0.137 e. The van der Waals surface area contributed by atoms with Crippen LogP contribution in [0.15, 0.2) is 10.6 Å². The van der Waals surface area contributed by atoms with Crippen molar-refractivity contribution in [2.75, 3.05) is 0 Å². The number of aromatic nitrogens is 1. The first-order valence-corrected chi connectivity index (χ1v) is 3.25. The van der Waals surface area contributed by atoms with Gasteiger partial charge in [-0.25, -0.2) is 0 Å². The molecular weight excluding hydrogens is 114 g/mol. The zero-order valence-electron chi connectivity index (χ0n) is 5.55. The molecule has 1 radical (unpaired) electrons. The van der Waals surface area contributed by atoms with Gasteiger partial charge in [0.2, 0.25) is 0 Å². The van der Waals surface area contributed by atoms with Crippen molar-refractivity contribution in [2.45, 2.75) is 26.2 Å². The van der Waals surface area contributed by atoms with Gasteiger partial charge < -0.3 is 4.52 Å². The quantitative estimate of drug-likeness (QED) is 0.614. The fraction of sp³-hybridized carbons (Fsp3) is 0.571. The van der Waals surface area contributed by atoms with Gasteiger partial charge in [-0.15, -0.1) is 0 Å². The van der Waals surface area contributed by atoms with Gasteiger partial charge >= 0.3 is 0 Å². The Morgan fingerprint density at radius 1 is 1.78 bits per heavy atom. The monoisotopic (exact) mass is 124 g/mol. The van der Waals surface area contributed by atoms with E-state index >= 15 is 0 Å². The number of rotatable bonds is 3. The first kappa shape index (κ1) is 6.33. The van der Waals surface area contributed by atoms with E-state index in [-0.39, 0.29) is 0 Å². The lowest BCUT2D eigenvalue weighted by atomic mass is 10.2. The molecule has 49 valence electrons. The van der Waals surface area contributed by atoms with Crippen molar-refractivity contribution in [2.24, 2.45) is 0 Å². The first-order valence-electron chi connectivity index (χ1n) is 3.25. The molecule has 0 aliphatic heterocycles. The van der Waals surface area contributed by atoms with Crippen molar-refractivity contribution >= 4 is 0 Å². The van der Waals surface area contributed by atoms with E-state index in [1.54, 1.807) is 6.07 Å². The Labute approximate surface area is 54.9 Å². The fourth-order valence-corrected chi connectivity index (χ4v) is 0.678. The van der Waals surface area contributed by atoms with Crippen LogP contribution in [0.4, 0.5) is 0 Å². The van der Waals surface area contributed by atoms with Crippen LogP contribution in [-0.4, -0.2) is 5.16 Å². The van der Waals surface area contributed by atoms with Gasteiger partial charge in [0.05, 0.1) is 0 Å². The zero-order chi connectivity index (χ0) is 6.53. The van der Waals surface area contributed by atoms with Crippen molar-refractivity contribution in [1.29, 1.82) is 0 Å². The maximum absolute atomic E-state index is 4.83. The van der Waals surface area contributed by atoms with E-state index in [1.165, 1.54) is 12.8 Å². The topological polar surface area (TPSA) is 26.0 Å². The first-order chi connectivity index (χ1) is 4.43. The van der Waals surface area contributed by atoms with E-state index in [0.717, 1.165) is 12.2 Å². The van der Waals surface area contributed by atoms with Crippen molar-refractivity contribution in [3.8, 4) is 0 Å². The second kappa shape index (κ2) is 3.28. The highest BCUT2D eigenvalue weighted by Crippen LogP contribution is 2.01. The van der Waals surface area contributed by atoms with Gasteiger partial charge in [0, 0.05) is 12.5 Å². The second-order valence-corrected chi connectivity index (χ2v) is 2.03. The third kappa shape index (κ3) is 1.88. The molecule has 0 bridgehead atoms. The van der Waals surface area contributed by atoms with E-state index in [0.29, 0.717) is 0 Å². The molecule has 0 unspecified atom stereocenters. The summed E-state index contributed by atoms with van der Waals surface area (Å²) < 4.78 is 4.83. The molecule has 0 saturated carbocycles. The van der Waals surface area contributed by atoms with Crippen LogP contribution in [-0.2, 0) is 6.42 Å². The summed E-state index contributed by atoms with van der Waals surface area (Å²) in [6.07, 6.45) is 5.98. The van der Waals surface area contributed by atoms with E-state index in [9.17, 15) is 0 Å². The van der Waals surface area contributed by atoms with Crippen molar-refractivity contribution in [3.63, 3.8) is 0 Å². The normalized spacial score (nSPS) is 9.89. The molecule has 0 amide bonds. The van der Waals surface area contributed by atoms with Gasteiger partial charge in [-0.3, -0.25) is 0 Å². The summed E-state index contributed by atoms with van der Waals surface area (Å²) >= 11 is 0. The van der Waals surface area contributed by atoms with E-state index < -0.39 is 0 Å². The Morgan fingerprint density at radius 3 is 3.22 bits per heavy atom. The van der Waals surface area contributed by atoms with Gasteiger partial charge in [-0.05, 0) is 6.42 Å². The number of unbranched alkanes of at least 4 members (excludes halogenated alkanes) is 1. The van der Waals surface area contributed by atoms with Gasteiger partial charge in [0.15, 0.2) is 0 Å². The van der Waals surface area contributed by atoms with Crippen LogP contribution in [0, 0.1) is 6.20 Å². The molecule has 0 aromatic carbocycles. The summed E-state index contributed by atoms with van der Waals surface area (Å²) in [5, 5.41) is 3.48. The molecule has 0 spiro atoms. The van der Waals surface area contributed by atoms with Crippen LogP contribution in [0.1, 0.15) is 25.5 Å². The Bertz CT molecular complexity index is 146. The smallest absolute Gasteiger partial charge is 0.137 e. The number of hydrogen-bond acceptors (Lipinski definition) is 2. The summed E-state index contributed by atoms with van der Waals surface area (Å²) in [5.74, 6) is 0.942. The number of aryl methyl sites for hydroxylation is 1. The van der Waals surface area contributed by atoms with Crippen molar-refractivity contribution in [3.05, 3.63) is 18.0 Å². The highest BCUT2D eigenvalue weighted by molar-refractivity contribution is 4.90. The third-order valence-electron chi connectivity index (χ3n) is 1.22. The fourth-order valence-electron chi connectivity index (χ4n) is 0.678. The molecular formula is C7H10NO. The van der Waals surface area contributed by atoms with Gasteiger partial charge in [0.1, 0.15) is 12.0 Å². The van der Waals surface area contributed by atoms with Crippen LogP contribution in [0.2, 0.25) is 0 Å². The van der Waals surface area contributed by atoms with Gasteiger partial charge in [-0.1, -0.05) is 18.5 Å². The number of hydrogen-bond donors (Lipinski definition) is 0. The Hall–Kier alpha value is -0.790. The van der Waals surface area contributed by atoms with Crippen LogP contribution >= 0.6 is 0 Å². The minimum atomic E-state index is 0.942. The lowest BCUT2D eigenvalue weighted by Gasteiger charge is -1.88. The van der Waals surface area contributed by atoms with Gasteiger partial charge in [-0.2, -0.15) is 0 Å². The lowest BCUT2D eigenvalue weighted by molar-refractivity contribution is 0.379. The molecule has 1 aromatic rings. The van der Waals surface area contributed by atoms with E-state index in [2.05, 4.69) is 18.3 Å². The number of nitrogens with zero attached hydrogens (tertiary/aromatic N) is 1. The van der Waals surface area contributed by atoms with Crippen molar-refractivity contribution in [1.82, 2.24) is 5.16 Å². The highest BCUT2D eigenvalue weighted by atomic mass is 16.5. The molecule has 2 heteroatoms. The van der Waals surface area contributed by atoms with Crippen LogP contribution < -0.4 is 0 Å². The standard InChI is InChI=1S/C7H10NO/c1-2-3-4-7-5-6-8-9-7/h5H,2-4H2,1H3. The summed E-state index contributed by atoms with van der Waals surface area (Å²) in [6.45, 7) is 2.15. The van der Waals surface area contributed by atoms with Crippen LogP contribution in [0.5, 0.6) is 0 Å². The van der Waals surface area contributed by atoms with E-state index in [4.69, 9.17) is 4.52 Å². The molecule has 1 aromatic heterocycles. The maximum atomic E-state index is 4.83. The molecule has 2 nitrogen and oxygen atoms in total. The zero-order valence-corrected chi connectivity index (χ0v) is 5.55. The lowest BCUT2D eigenvalue weighted by Crippen LogP contribution is -1.78.